The van der Waals surface area contributed by atoms with Gasteiger partial charge in [0.1, 0.15) is 11.0 Å². The van der Waals surface area contributed by atoms with E-state index in [1.165, 1.54) is 0 Å². The highest BCUT2D eigenvalue weighted by atomic mass is 35.5. The summed E-state index contributed by atoms with van der Waals surface area (Å²) in [5.74, 6) is -1.04. The molecule has 0 saturated heterocycles. The fraction of sp³-hybridized carbons (Fsp3) is 0.273. The van der Waals surface area contributed by atoms with E-state index in [0.717, 1.165) is 22.9 Å². The summed E-state index contributed by atoms with van der Waals surface area (Å²) in [4.78, 5) is 16.9. The summed E-state index contributed by atoms with van der Waals surface area (Å²) in [6, 6.07) is 12.0. The number of halogens is 2. The number of carbonyl (C=O) groups excluding carboxylic acids is 1. The molecule has 1 fully saturated rings. The van der Waals surface area contributed by atoms with Crippen molar-refractivity contribution in [2.75, 3.05) is 0 Å². The van der Waals surface area contributed by atoms with Crippen LogP contribution in [0.3, 0.4) is 0 Å². The average Bonchev–Trinajstić information content (AvgIpc) is 3.10. The molecule has 4 nitrogen and oxygen atoms in total. The second-order valence-corrected chi connectivity index (χ2v) is 7.57. The van der Waals surface area contributed by atoms with Gasteiger partial charge in [0.2, 0.25) is 0 Å². The SMILES string of the molecule is O=C(N[C@H]1CCC[C@H]1O)c1cc(Cc2ccc(Cl)nc2)c2ccccc2c1F. The molecular weight excluding hydrogens is 379 g/mol. The Morgan fingerprint density at radius 2 is 2.00 bits per heavy atom. The number of pyridine rings is 1. The molecule has 0 aliphatic heterocycles. The van der Waals surface area contributed by atoms with Gasteiger partial charge in [-0.1, -0.05) is 41.9 Å². The smallest absolute Gasteiger partial charge is 0.254 e. The summed E-state index contributed by atoms with van der Waals surface area (Å²) >= 11 is 5.86. The van der Waals surface area contributed by atoms with Gasteiger partial charge in [-0.3, -0.25) is 4.79 Å². The lowest BCUT2D eigenvalue weighted by Gasteiger charge is -2.18. The van der Waals surface area contributed by atoms with E-state index in [-0.39, 0.29) is 11.6 Å². The van der Waals surface area contributed by atoms with Crippen LogP contribution in [0.1, 0.15) is 40.7 Å². The van der Waals surface area contributed by atoms with E-state index < -0.39 is 17.8 Å². The Morgan fingerprint density at radius 1 is 1.21 bits per heavy atom. The molecule has 6 heteroatoms. The summed E-state index contributed by atoms with van der Waals surface area (Å²) in [7, 11) is 0. The maximum absolute atomic E-state index is 15.1. The molecule has 2 aromatic carbocycles. The van der Waals surface area contributed by atoms with E-state index in [1.54, 1.807) is 30.5 Å². The van der Waals surface area contributed by atoms with Crippen LogP contribution in [0.2, 0.25) is 5.15 Å². The predicted octanol–water partition coefficient (Wildman–Crippen LogP) is 4.26. The molecule has 28 heavy (non-hydrogen) atoms. The fourth-order valence-electron chi connectivity index (χ4n) is 3.81. The summed E-state index contributed by atoms with van der Waals surface area (Å²) in [6.07, 6.45) is 3.80. The van der Waals surface area contributed by atoms with Crippen molar-refractivity contribution in [3.63, 3.8) is 0 Å². The van der Waals surface area contributed by atoms with E-state index in [0.29, 0.717) is 29.8 Å². The number of fused-ring (bicyclic) bond motifs is 1. The highest BCUT2D eigenvalue weighted by molar-refractivity contribution is 6.29. The van der Waals surface area contributed by atoms with Crippen LogP contribution < -0.4 is 5.32 Å². The molecule has 2 atom stereocenters. The van der Waals surface area contributed by atoms with Crippen molar-refractivity contribution in [3.05, 3.63) is 76.3 Å². The number of aliphatic hydroxyl groups excluding tert-OH is 1. The van der Waals surface area contributed by atoms with Gasteiger partial charge >= 0.3 is 0 Å². The zero-order valence-electron chi connectivity index (χ0n) is 15.2. The van der Waals surface area contributed by atoms with Crippen LogP contribution >= 0.6 is 11.6 Å². The lowest BCUT2D eigenvalue weighted by atomic mass is 9.95. The van der Waals surface area contributed by atoms with Gasteiger partial charge in [0.05, 0.1) is 17.7 Å². The first-order chi connectivity index (χ1) is 13.5. The number of hydrogen-bond acceptors (Lipinski definition) is 3. The normalized spacial score (nSPS) is 19.1. The van der Waals surface area contributed by atoms with E-state index in [1.807, 2.05) is 18.2 Å². The van der Waals surface area contributed by atoms with E-state index in [9.17, 15) is 9.90 Å². The number of aliphatic hydroxyl groups is 1. The number of amides is 1. The summed E-state index contributed by atoms with van der Waals surface area (Å²) in [5.41, 5.74) is 1.74. The number of benzene rings is 2. The average molecular weight is 399 g/mol. The number of aromatic nitrogens is 1. The number of nitrogens with one attached hydrogen (secondary N) is 1. The third-order valence-electron chi connectivity index (χ3n) is 5.29. The Kier molecular flexibility index (Phi) is 5.29. The van der Waals surface area contributed by atoms with Crippen LogP contribution in [0.15, 0.2) is 48.7 Å². The topological polar surface area (TPSA) is 62.2 Å². The Balaban J connectivity index is 1.73. The van der Waals surface area contributed by atoms with Gasteiger partial charge in [-0.2, -0.15) is 0 Å². The Morgan fingerprint density at radius 3 is 2.68 bits per heavy atom. The van der Waals surface area contributed by atoms with E-state index in [4.69, 9.17) is 11.6 Å². The van der Waals surface area contributed by atoms with Crippen molar-refractivity contribution in [2.24, 2.45) is 0 Å². The second kappa shape index (κ2) is 7.86. The first-order valence-electron chi connectivity index (χ1n) is 9.32. The van der Waals surface area contributed by atoms with Gasteiger partial charge in [-0.15, -0.1) is 0 Å². The van der Waals surface area contributed by atoms with E-state index >= 15 is 4.39 Å². The Labute approximate surface area is 167 Å². The second-order valence-electron chi connectivity index (χ2n) is 7.19. The largest absolute Gasteiger partial charge is 0.391 e. The molecule has 1 amide bonds. The third-order valence-corrected chi connectivity index (χ3v) is 5.51. The zero-order chi connectivity index (χ0) is 19.7. The Hall–Kier alpha value is -2.50. The lowest BCUT2D eigenvalue weighted by Crippen LogP contribution is -2.40. The maximum Gasteiger partial charge on any atom is 0.254 e. The molecule has 3 aromatic rings. The summed E-state index contributed by atoms with van der Waals surface area (Å²) in [5, 5.41) is 14.3. The van der Waals surface area contributed by atoms with Crippen molar-refractivity contribution >= 4 is 28.3 Å². The van der Waals surface area contributed by atoms with Crippen LogP contribution in [-0.2, 0) is 6.42 Å². The van der Waals surface area contributed by atoms with Crippen molar-refractivity contribution in [1.82, 2.24) is 10.3 Å². The molecule has 2 N–H and O–H groups in total. The Bertz CT molecular complexity index is 1020. The highest BCUT2D eigenvalue weighted by Gasteiger charge is 2.28. The van der Waals surface area contributed by atoms with Crippen molar-refractivity contribution in [1.29, 1.82) is 0 Å². The van der Waals surface area contributed by atoms with E-state index in [2.05, 4.69) is 10.3 Å². The number of carbonyl (C=O) groups is 1. The number of nitrogens with zero attached hydrogens (tertiary/aromatic N) is 1. The van der Waals surface area contributed by atoms with Crippen LogP contribution in [0.5, 0.6) is 0 Å². The first kappa shape index (κ1) is 18.8. The fourth-order valence-corrected chi connectivity index (χ4v) is 3.92. The molecule has 1 aliphatic rings. The van der Waals surface area contributed by atoms with Gasteiger partial charge in [-0.25, -0.2) is 9.37 Å². The molecule has 0 bridgehead atoms. The van der Waals surface area contributed by atoms with Gasteiger partial charge in [-0.05, 0) is 54.3 Å². The zero-order valence-corrected chi connectivity index (χ0v) is 15.9. The molecule has 144 valence electrons. The standard InChI is InChI=1S/C22H20ClFN2O2/c23-20-9-8-13(12-25-20)10-14-11-17(21(24)16-5-2-1-4-15(14)16)22(28)26-18-6-3-7-19(18)27/h1-2,4-5,8-9,11-12,18-19,27H,3,6-7,10H2,(H,26,28)/t18-,19+/m0/s1. The monoisotopic (exact) mass is 398 g/mol. The minimum atomic E-state index is -0.577. The van der Waals surface area contributed by atoms with Crippen LogP contribution in [0, 0.1) is 5.82 Å². The summed E-state index contributed by atoms with van der Waals surface area (Å²) in [6.45, 7) is 0. The molecule has 1 aliphatic carbocycles. The van der Waals surface area contributed by atoms with Crippen LogP contribution in [-0.4, -0.2) is 28.1 Å². The molecule has 0 spiro atoms. The van der Waals surface area contributed by atoms with Gasteiger partial charge in [0.15, 0.2) is 0 Å². The number of hydrogen-bond donors (Lipinski definition) is 2. The minimum absolute atomic E-state index is 0.00489. The molecule has 1 aromatic heterocycles. The quantitative estimate of drug-likeness (QED) is 0.645. The third kappa shape index (κ3) is 3.73. The minimum Gasteiger partial charge on any atom is -0.391 e. The van der Waals surface area contributed by atoms with Crippen molar-refractivity contribution in [2.45, 2.75) is 37.8 Å². The maximum atomic E-state index is 15.1. The molecule has 0 radical (unpaired) electrons. The van der Waals surface area contributed by atoms with Gasteiger partial charge < -0.3 is 10.4 Å². The molecule has 0 unspecified atom stereocenters. The molecule has 4 rings (SSSR count). The highest BCUT2D eigenvalue weighted by Crippen LogP contribution is 2.28. The molecule has 1 saturated carbocycles. The van der Waals surface area contributed by atoms with Crippen LogP contribution in [0.25, 0.3) is 10.8 Å². The predicted molar refractivity (Wildman–Crippen MR) is 107 cm³/mol. The number of rotatable bonds is 4. The summed E-state index contributed by atoms with van der Waals surface area (Å²) < 4.78 is 15.1. The van der Waals surface area contributed by atoms with Crippen LogP contribution in [0.4, 0.5) is 4.39 Å². The van der Waals surface area contributed by atoms with Crippen molar-refractivity contribution < 1.29 is 14.3 Å². The van der Waals surface area contributed by atoms with Crippen molar-refractivity contribution in [3.8, 4) is 0 Å². The molecular formula is C22H20ClFN2O2. The molecule has 1 heterocycles. The van der Waals surface area contributed by atoms with Gasteiger partial charge in [0.25, 0.3) is 5.91 Å². The van der Waals surface area contributed by atoms with Gasteiger partial charge in [0, 0.05) is 11.6 Å². The first-order valence-corrected chi connectivity index (χ1v) is 9.70. The lowest BCUT2D eigenvalue weighted by molar-refractivity contribution is 0.0869.